The molecule has 1 aliphatic heterocycles. The standard InChI is InChI=1S/C16H14F3N3O5/c17-16(18,19)14-4-2-11(6-20-14)27-10-1-3-13(22(24)25)12(5-10)21-7-15(23)8-26-9-15/h1-6,21,23H,7-9H2. The molecular formula is C16H14F3N3O5. The minimum Gasteiger partial charge on any atom is -0.456 e. The van der Waals surface area contributed by atoms with E-state index in [0.717, 1.165) is 18.3 Å². The number of benzene rings is 1. The molecule has 0 aliphatic carbocycles. The molecule has 1 fully saturated rings. The highest BCUT2D eigenvalue weighted by atomic mass is 19.4. The molecule has 3 rings (SSSR count). The fourth-order valence-electron chi connectivity index (χ4n) is 2.32. The Labute approximate surface area is 150 Å². The molecule has 0 unspecified atom stereocenters. The van der Waals surface area contributed by atoms with E-state index < -0.39 is 22.4 Å². The van der Waals surface area contributed by atoms with Crippen molar-refractivity contribution < 1.29 is 32.7 Å². The molecule has 144 valence electrons. The van der Waals surface area contributed by atoms with Crippen molar-refractivity contribution in [2.75, 3.05) is 25.1 Å². The molecule has 2 N–H and O–H groups in total. The Balaban J connectivity index is 1.77. The zero-order valence-corrected chi connectivity index (χ0v) is 13.7. The van der Waals surface area contributed by atoms with E-state index in [1.54, 1.807) is 0 Å². The van der Waals surface area contributed by atoms with E-state index >= 15 is 0 Å². The van der Waals surface area contributed by atoms with E-state index in [4.69, 9.17) is 9.47 Å². The number of rotatable bonds is 6. The van der Waals surface area contributed by atoms with Gasteiger partial charge in [-0.25, -0.2) is 4.98 Å². The fraction of sp³-hybridized carbons (Fsp3) is 0.312. The first-order chi connectivity index (χ1) is 12.7. The average molecular weight is 385 g/mol. The Kier molecular flexibility index (Phi) is 4.89. The maximum Gasteiger partial charge on any atom is 0.433 e. The highest BCUT2D eigenvalue weighted by Crippen LogP contribution is 2.33. The van der Waals surface area contributed by atoms with Crippen molar-refractivity contribution >= 4 is 11.4 Å². The maximum absolute atomic E-state index is 12.5. The number of hydrogen-bond donors (Lipinski definition) is 2. The number of pyridine rings is 1. The Hall–Kier alpha value is -2.92. The molecule has 8 nitrogen and oxygen atoms in total. The number of anilines is 1. The van der Waals surface area contributed by atoms with E-state index in [2.05, 4.69) is 10.3 Å². The van der Waals surface area contributed by atoms with Crippen LogP contribution in [0.2, 0.25) is 0 Å². The summed E-state index contributed by atoms with van der Waals surface area (Å²) in [5, 5.41) is 23.9. The van der Waals surface area contributed by atoms with Crippen molar-refractivity contribution in [1.29, 1.82) is 0 Å². The van der Waals surface area contributed by atoms with Gasteiger partial charge >= 0.3 is 6.18 Å². The summed E-state index contributed by atoms with van der Waals surface area (Å²) in [6.45, 7) is 0.252. The Bertz CT molecular complexity index is 838. The summed E-state index contributed by atoms with van der Waals surface area (Å²) in [5.74, 6) is 0.190. The van der Waals surface area contributed by atoms with Gasteiger partial charge < -0.3 is 19.9 Å². The second-order valence-electron chi connectivity index (χ2n) is 5.99. The second kappa shape index (κ2) is 7.00. The van der Waals surface area contributed by atoms with Gasteiger partial charge in [-0.05, 0) is 18.2 Å². The lowest BCUT2D eigenvalue weighted by molar-refractivity contribution is -0.384. The lowest BCUT2D eigenvalue weighted by Gasteiger charge is -2.36. The maximum atomic E-state index is 12.5. The van der Waals surface area contributed by atoms with Crippen molar-refractivity contribution in [2.24, 2.45) is 0 Å². The predicted molar refractivity (Wildman–Crippen MR) is 86.7 cm³/mol. The van der Waals surface area contributed by atoms with Crippen molar-refractivity contribution in [3.8, 4) is 11.5 Å². The first-order valence-electron chi connectivity index (χ1n) is 7.70. The molecule has 1 aliphatic rings. The van der Waals surface area contributed by atoms with Gasteiger partial charge in [-0.15, -0.1) is 0 Å². The lowest BCUT2D eigenvalue weighted by Crippen LogP contribution is -2.54. The molecular weight excluding hydrogens is 371 g/mol. The van der Waals surface area contributed by atoms with Gasteiger partial charge in [0.05, 0.1) is 24.3 Å². The number of nitrogens with one attached hydrogen (secondary N) is 1. The SMILES string of the molecule is O=[N+]([O-])c1ccc(Oc2ccc(C(F)(F)F)nc2)cc1NCC1(O)COC1. The van der Waals surface area contributed by atoms with Gasteiger partial charge in [-0.2, -0.15) is 13.2 Å². The van der Waals surface area contributed by atoms with Gasteiger partial charge in [0, 0.05) is 18.7 Å². The lowest BCUT2D eigenvalue weighted by atomic mass is 10.0. The average Bonchev–Trinajstić information content (AvgIpc) is 2.58. The van der Waals surface area contributed by atoms with Gasteiger partial charge in [-0.1, -0.05) is 0 Å². The van der Waals surface area contributed by atoms with Crippen LogP contribution in [-0.2, 0) is 10.9 Å². The van der Waals surface area contributed by atoms with Gasteiger partial charge in [0.2, 0.25) is 0 Å². The van der Waals surface area contributed by atoms with E-state index in [1.165, 1.54) is 18.2 Å². The van der Waals surface area contributed by atoms with E-state index in [1.807, 2.05) is 0 Å². The number of halogens is 3. The topological polar surface area (TPSA) is 107 Å². The molecule has 27 heavy (non-hydrogen) atoms. The smallest absolute Gasteiger partial charge is 0.433 e. The summed E-state index contributed by atoms with van der Waals surface area (Å²) < 4.78 is 47.9. The summed E-state index contributed by atoms with van der Waals surface area (Å²) >= 11 is 0. The summed E-state index contributed by atoms with van der Waals surface area (Å²) in [6.07, 6.45) is -3.65. The minimum atomic E-state index is -4.56. The highest BCUT2D eigenvalue weighted by molar-refractivity contribution is 5.64. The Morgan fingerprint density at radius 1 is 1.30 bits per heavy atom. The van der Waals surface area contributed by atoms with E-state index in [0.29, 0.717) is 0 Å². The van der Waals surface area contributed by atoms with Crippen molar-refractivity contribution in [2.45, 2.75) is 11.8 Å². The normalized spacial score (nSPS) is 15.7. The van der Waals surface area contributed by atoms with Crippen LogP contribution in [0.4, 0.5) is 24.5 Å². The van der Waals surface area contributed by atoms with Gasteiger partial charge in [-0.3, -0.25) is 10.1 Å². The number of nitro benzene ring substituents is 1. The van der Waals surface area contributed by atoms with E-state index in [-0.39, 0.29) is 42.6 Å². The molecule has 0 bridgehead atoms. The summed E-state index contributed by atoms with van der Waals surface area (Å²) in [4.78, 5) is 13.8. The van der Waals surface area contributed by atoms with Crippen LogP contribution < -0.4 is 10.1 Å². The van der Waals surface area contributed by atoms with E-state index in [9.17, 15) is 28.4 Å². The molecule has 0 saturated carbocycles. The van der Waals surface area contributed by atoms with Crippen LogP contribution in [0, 0.1) is 10.1 Å². The molecule has 2 heterocycles. The molecule has 0 spiro atoms. The Morgan fingerprint density at radius 3 is 2.52 bits per heavy atom. The van der Waals surface area contributed by atoms with Gasteiger partial charge in [0.1, 0.15) is 28.5 Å². The third-order valence-electron chi connectivity index (χ3n) is 3.78. The second-order valence-corrected chi connectivity index (χ2v) is 5.99. The molecule has 11 heteroatoms. The third-order valence-corrected chi connectivity index (χ3v) is 3.78. The zero-order chi connectivity index (χ0) is 19.7. The van der Waals surface area contributed by atoms with Crippen molar-refractivity contribution in [3.05, 3.63) is 52.3 Å². The van der Waals surface area contributed by atoms with Crippen LogP contribution in [0.5, 0.6) is 11.5 Å². The predicted octanol–water partition coefficient (Wildman–Crippen LogP) is 2.97. The number of hydrogen-bond acceptors (Lipinski definition) is 7. The molecule has 2 aromatic rings. The molecule has 0 atom stereocenters. The monoisotopic (exact) mass is 385 g/mol. The number of aromatic nitrogens is 1. The Morgan fingerprint density at radius 2 is 2.00 bits per heavy atom. The third kappa shape index (κ3) is 4.44. The number of ether oxygens (including phenoxy) is 2. The molecule has 1 aromatic carbocycles. The van der Waals surface area contributed by atoms with Crippen LogP contribution in [0.25, 0.3) is 0 Å². The highest BCUT2D eigenvalue weighted by Gasteiger charge is 2.36. The minimum absolute atomic E-state index is 0.0269. The number of nitrogens with zero attached hydrogens (tertiary/aromatic N) is 2. The number of aliphatic hydroxyl groups is 1. The number of nitro groups is 1. The number of alkyl halides is 3. The first-order valence-corrected chi connectivity index (χ1v) is 7.70. The fourth-order valence-corrected chi connectivity index (χ4v) is 2.32. The quantitative estimate of drug-likeness (QED) is 0.581. The summed E-state index contributed by atoms with van der Waals surface area (Å²) in [7, 11) is 0. The summed E-state index contributed by atoms with van der Waals surface area (Å²) in [6, 6.07) is 5.68. The van der Waals surface area contributed by atoms with Crippen molar-refractivity contribution in [1.82, 2.24) is 4.98 Å². The van der Waals surface area contributed by atoms with Crippen molar-refractivity contribution in [3.63, 3.8) is 0 Å². The molecule has 1 saturated heterocycles. The van der Waals surface area contributed by atoms with Crippen LogP contribution in [-0.4, -0.2) is 40.4 Å². The van der Waals surface area contributed by atoms with Crippen LogP contribution in [0.15, 0.2) is 36.5 Å². The van der Waals surface area contributed by atoms with Crippen LogP contribution in [0.1, 0.15) is 5.69 Å². The summed E-state index contributed by atoms with van der Waals surface area (Å²) in [5.41, 5.74) is -2.31. The largest absolute Gasteiger partial charge is 0.456 e. The van der Waals surface area contributed by atoms with Gasteiger partial charge in [0.25, 0.3) is 5.69 Å². The zero-order valence-electron chi connectivity index (χ0n) is 13.7. The molecule has 0 amide bonds. The first kappa shape index (κ1) is 18.9. The van der Waals surface area contributed by atoms with Crippen LogP contribution in [0.3, 0.4) is 0 Å². The van der Waals surface area contributed by atoms with Crippen LogP contribution >= 0.6 is 0 Å². The van der Waals surface area contributed by atoms with Gasteiger partial charge in [0.15, 0.2) is 0 Å². The molecule has 0 radical (unpaired) electrons. The molecule has 1 aromatic heterocycles.